The summed E-state index contributed by atoms with van der Waals surface area (Å²) in [6, 6.07) is 5.85. The first-order valence-electron chi connectivity index (χ1n) is 7.86. The minimum Gasteiger partial charge on any atom is -0.482 e. The van der Waals surface area contributed by atoms with Crippen LogP contribution in [0.5, 0.6) is 5.75 Å². The Morgan fingerprint density at radius 1 is 1.17 bits per heavy atom. The Balaban J connectivity index is 1.53. The second kappa shape index (κ2) is 5.53. The fourth-order valence-corrected chi connectivity index (χ4v) is 3.36. The monoisotopic (exact) mass is 327 g/mol. The minimum atomic E-state index is -0.224. The Morgan fingerprint density at radius 3 is 2.65 bits per heavy atom. The maximum Gasteiger partial charge on any atom is 0.225 e. The van der Waals surface area contributed by atoms with Gasteiger partial charge in [-0.05, 0) is 36.8 Å². The molecule has 23 heavy (non-hydrogen) atoms. The van der Waals surface area contributed by atoms with Crippen molar-refractivity contribution < 1.29 is 4.74 Å². The molecule has 4 nitrogen and oxygen atoms in total. The van der Waals surface area contributed by atoms with Crippen LogP contribution in [-0.2, 0) is 0 Å². The Bertz CT molecular complexity index is 752. The summed E-state index contributed by atoms with van der Waals surface area (Å²) in [6.07, 6.45) is 9.73. The Kier molecular flexibility index (Phi) is 3.49. The van der Waals surface area contributed by atoms with Crippen molar-refractivity contribution in [2.45, 2.75) is 25.4 Å². The topological polar surface area (TPSA) is 38.2 Å². The zero-order chi connectivity index (χ0) is 15.9. The lowest BCUT2D eigenvalue weighted by atomic mass is 9.88. The standard InChI is InChI=1S/C18H18ClN3O/c1-13-11-16-14(12-15(13)19)3-4-18(23-16)5-9-22(10-6-18)17-20-7-2-8-21-17/h2-4,7-8,11-12H,5-6,9-10H2,1H3. The molecule has 0 radical (unpaired) electrons. The number of fused-ring (bicyclic) bond motifs is 1. The summed E-state index contributed by atoms with van der Waals surface area (Å²) in [4.78, 5) is 10.9. The number of benzene rings is 1. The highest BCUT2D eigenvalue weighted by molar-refractivity contribution is 6.31. The molecular formula is C18H18ClN3O. The van der Waals surface area contributed by atoms with Crippen LogP contribution in [0.3, 0.4) is 0 Å². The fraction of sp³-hybridized carbons (Fsp3) is 0.333. The molecule has 4 rings (SSSR count). The van der Waals surface area contributed by atoms with Crippen LogP contribution in [0, 0.1) is 6.92 Å². The quantitative estimate of drug-likeness (QED) is 0.796. The van der Waals surface area contributed by atoms with Crippen LogP contribution in [0.15, 0.2) is 36.7 Å². The van der Waals surface area contributed by atoms with Gasteiger partial charge in [0.25, 0.3) is 0 Å². The van der Waals surface area contributed by atoms with E-state index in [1.54, 1.807) is 12.4 Å². The molecule has 0 unspecified atom stereocenters. The summed E-state index contributed by atoms with van der Waals surface area (Å²) in [5.74, 6) is 1.73. The third kappa shape index (κ3) is 2.68. The predicted octanol–water partition coefficient (Wildman–Crippen LogP) is 3.88. The van der Waals surface area contributed by atoms with Gasteiger partial charge in [-0.25, -0.2) is 9.97 Å². The zero-order valence-corrected chi connectivity index (χ0v) is 13.8. The van der Waals surface area contributed by atoms with E-state index in [-0.39, 0.29) is 5.60 Å². The molecule has 2 aromatic rings. The SMILES string of the molecule is Cc1cc2c(cc1Cl)C=CC1(CCN(c3ncccn3)CC1)O2. The second-order valence-corrected chi connectivity index (χ2v) is 6.58. The molecule has 0 aliphatic carbocycles. The van der Waals surface area contributed by atoms with Gasteiger partial charge in [0.2, 0.25) is 5.95 Å². The van der Waals surface area contributed by atoms with Gasteiger partial charge in [0, 0.05) is 48.9 Å². The molecule has 0 bridgehead atoms. The van der Waals surface area contributed by atoms with Crippen LogP contribution >= 0.6 is 11.6 Å². The van der Waals surface area contributed by atoms with Crippen molar-refractivity contribution in [3.8, 4) is 5.75 Å². The number of anilines is 1. The van der Waals surface area contributed by atoms with E-state index in [2.05, 4.69) is 27.0 Å². The minimum absolute atomic E-state index is 0.224. The lowest BCUT2D eigenvalue weighted by Crippen LogP contribution is -2.48. The van der Waals surface area contributed by atoms with Gasteiger partial charge in [-0.15, -0.1) is 0 Å². The molecule has 3 heterocycles. The maximum absolute atomic E-state index is 6.37. The first-order valence-corrected chi connectivity index (χ1v) is 8.23. The summed E-state index contributed by atoms with van der Waals surface area (Å²) in [5, 5.41) is 0.781. The Labute approximate surface area is 140 Å². The average molecular weight is 328 g/mol. The van der Waals surface area contributed by atoms with Gasteiger partial charge >= 0.3 is 0 Å². The Hall–Kier alpha value is -2.07. The molecule has 0 N–H and O–H groups in total. The van der Waals surface area contributed by atoms with Gasteiger partial charge in [-0.2, -0.15) is 0 Å². The first kappa shape index (κ1) is 14.5. The van der Waals surface area contributed by atoms with E-state index in [0.29, 0.717) is 0 Å². The highest BCUT2D eigenvalue weighted by atomic mass is 35.5. The molecule has 0 atom stereocenters. The third-order valence-corrected chi connectivity index (χ3v) is 5.02. The lowest BCUT2D eigenvalue weighted by Gasteiger charge is -2.42. The summed E-state index contributed by atoms with van der Waals surface area (Å²) < 4.78 is 6.37. The zero-order valence-electron chi connectivity index (χ0n) is 13.0. The molecule has 0 saturated carbocycles. The van der Waals surface area contributed by atoms with Crippen LogP contribution in [-0.4, -0.2) is 28.7 Å². The van der Waals surface area contributed by atoms with E-state index in [1.807, 2.05) is 25.1 Å². The van der Waals surface area contributed by atoms with Crippen LogP contribution < -0.4 is 9.64 Å². The molecule has 1 aromatic carbocycles. The normalized spacial score (nSPS) is 18.6. The molecule has 1 saturated heterocycles. The molecule has 2 aliphatic rings. The number of rotatable bonds is 1. The highest BCUT2D eigenvalue weighted by Gasteiger charge is 2.37. The summed E-state index contributed by atoms with van der Waals surface area (Å²) in [5.41, 5.74) is 1.88. The van der Waals surface area contributed by atoms with Gasteiger partial charge in [-0.1, -0.05) is 17.7 Å². The van der Waals surface area contributed by atoms with E-state index in [4.69, 9.17) is 16.3 Å². The van der Waals surface area contributed by atoms with Gasteiger partial charge in [0.15, 0.2) is 0 Å². The second-order valence-electron chi connectivity index (χ2n) is 6.18. The van der Waals surface area contributed by atoms with Crippen LogP contribution in [0.1, 0.15) is 24.0 Å². The number of aryl methyl sites for hydroxylation is 1. The largest absolute Gasteiger partial charge is 0.482 e. The summed E-state index contributed by atoms with van der Waals surface area (Å²) >= 11 is 6.20. The summed E-state index contributed by atoms with van der Waals surface area (Å²) in [7, 11) is 0. The molecule has 2 aliphatic heterocycles. The molecule has 0 amide bonds. The van der Waals surface area contributed by atoms with Gasteiger partial charge in [-0.3, -0.25) is 0 Å². The summed E-state index contributed by atoms with van der Waals surface area (Å²) in [6.45, 7) is 3.78. The van der Waals surface area contributed by atoms with Crippen molar-refractivity contribution in [1.82, 2.24) is 9.97 Å². The highest BCUT2D eigenvalue weighted by Crippen LogP contribution is 2.39. The predicted molar refractivity (Wildman–Crippen MR) is 92.1 cm³/mol. The fourth-order valence-electron chi connectivity index (χ4n) is 3.19. The van der Waals surface area contributed by atoms with Crippen molar-refractivity contribution >= 4 is 23.6 Å². The number of nitrogens with zero attached hydrogens (tertiary/aromatic N) is 3. The number of piperidine rings is 1. The number of hydrogen-bond acceptors (Lipinski definition) is 4. The molecule has 5 heteroatoms. The number of ether oxygens (including phenoxy) is 1. The first-order chi connectivity index (χ1) is 11.2. The van der Waals surface area contributed by atoms with Crippen molar-refractivity contribution in [3.63, 3.8) is 0 Å². The molecule has 1 aromatic heterocycles. The van der Waals surface area contributed by atoms with Gasteiger partial charge < -0.3 is 9.64 Å². The average Bonchev–Trinajstić information content (AvgIpc) is 2.58. The number of aromatic nitrogens is 2. The van der Waals surface area contributed by atoms with Gasteiger partial charge in [0.1, 0.15) is 11.4 Å². The maximum atomic E-state index is 6.37. The Morgan fingerprint density at radius 2 is 1.91 bits per heavy atom. The van der Waals surface area contributed by atoms with Gasteiger partial charge in [0.05, 0.1) is 0 Å². The molecular weight excluding hydrogens is 310 g/mol. The van der Waals surface area contributed by atoms with Crippen LogP contribution in [0.25, 0.3) is 6.08 Å². The van der Waals surface area contributed by atoms with E-state index < -0.39 is 0 Å². The lowest BCUT2D eigenvalue weighted by molar-refractivity contribution is 0.0889. The van der Waals surface area contributed by atoms with Crippen molar-refractivity contribution in [1.29, 1.82) is 0 Å². The van der Waals surface area contributed by atoms with Crippen molar-refractivity contribution in [3.05, 3.63) is 52.8 Å². The molecule has 1 fully saturated rings. The van der Waals surface area contributed by atoms with Crippen molar-refractivity contribution in [2.75, 3.05) is 18.0 Å². The molecule has 118 valence electrons. The van der Waals surface area contributed by atoms with E-state index in [1.165, 1.54) is 0 Å². The van der Waals surface area contributed by atoms with E-state index in [9.17, 15) is 0 Å². The number of hydrogen-bond donors (Lipinski definition) is 0. The third-order valence-electron chi connectivity index (χ3n) is 4.62. The van der Waals surface area contributed by atoms with Crippen molar-refractivity contribution in [2.24, 2.45) is 0 Å². The van der Waals surface area contributed by atoms with Crippen LogP contribution in [0.4, 0.5) is 5.95 Å². The smallest absolute Gasteiger partial charge is 0.225 e. The van der Waals surface area contributed by atoms with E-state index >= 15 is 0 Å². The van der Waals surface area contributed by atoms with E-state index in [0.717, 1.165) is 53.8 Å². The number of halogens is 1. The van der Waals surface area contributed by atoms with Crippen LogP contribution in [0.2, 0.25) is 5.02 Å². The molecule has 1 spiro atoms.